The second-order valence-corrected chi connectivity index (χ2v) is 8.79. The molecule has 0 spiro atoms. The fourth-order valence-electron chi connectivity index (χ4n) is 4.86. The minimum absolute atomic E-state index is 0.00323. The van der Waals surface area contributed by atoms with Crippen LogP contribution in [0.1, 0.15) is 4.11 Å². The lowest BCUT2D eigenvalue weighted by atomic mass is 9.91. The molecule has 0 aliphatic heterocycles. The summed E-state index contributed by atoms with van der Waals surface area (Å²) < 4.78 is 34.1. The molecule has 7 aromatic rings. The molecule has 0 aliphatic rings. The summed E-state index contributed by atoms with van der Waals surface area (Å²) in [4.78, 5) is 0. The second kappa shape index (κ2) is 6.69. The first kappa shape index (κ1) is 15.2. The molecule has 150 valence electrons. The highest BCUT2D eigenvalue weighted by molar-refractivity contribution is 9.10. The van der Waals surface area contributed by atoms with Crippen LogP contribution in [0.2, 0.25) is 0 Å². The fourth-order valence-corrected chi connectivity index (χ4v) is 5.55. The predicted molar refractivity (Wildman–Crippen MR) is 139 cm³/mol. The van der Waals surface area contributed by atoms with Gasteiger partial charge in [-0.1, -0.05) is 97.0 Å². The minimum atomic E-state index is -0.0977. The number of hydrogen-bond acceptors (Lipinski definition) is 1. The average Bonchev–Trinajstić information content (AvgIpc) is 3.29. The van der Waals surface area contributed by atoms with Crippen LogP contribution in [0.3, 0.4) is 0 Å². The van der Waals surface area contributed by atoms with Gasteiger partial charge in [0.05, 0.1) is 4.11 Å². The maximum absolute atomic E-state index is 9.02. The van der Waals surface area contributed by atoms with Crippen molar-refractivity contribution in [2.45, 2.75) is 0 Å². The van der Waals surface area contributed by atoms with E-state index in [0.29, 0.717) is 22.1 Å². The smallest absolute Gasteiger partial charge is 0.143 e. The van der Waals surface area contributed by atoms with Gasteiger partial charge in [-0.05, 0) is 48.9 Å². The fraction of sp³-hybridized carbons (Fsp3) is 0. The summed E-state index contributed by atoms with van der Waals surface area (Å²) in [5, 5.41) is 7.36. The van der Waals surface area contributed by atoms with E-state index in [-0.39, 0.29) is 18.1 Å². The van der Waals surface area contributed by atoms with Gasteiger partial charge in [0.15, 0.2) is 0 Å². The van der Waals surface area contributed by atoms with E-state index in [1.165, 1.54) is 0 Å². The van der Waals surface area contributed by atoms with Crippen LogP contribution < -0.4 is 0 Å². The molecule has 2 heteroatoms. The summed E-state index contributed by atoms with van der Waals surface area (Å²) in [6.45, 7) is 0. The third-order valence-corrected chi connectivity index (χ3v) is 7.15. The standard InChI is InChI=1S/C30H17BrO/c31-28-22-12-5-3-10-20(22)27(21-11-4-6-13-23(21)28)26-15-7-14-24-25-17-16-18-8-1-2-9-19(18)29(25)32-30(24)26/h1-17H/i7D,14D,15D. The summed E-state index contributed by atoms with van der Waals surface area (Å²) in [6.07, 6.45) is 0. The first-order valence-corrected chi connectivity index (χ1v) is 11.3. The van der Waals surface area contributed by atoms with Gasteiger partial charge >= 0.3 is 0 Å². The Morgan fingerprint density at radius 3 is 1.91 bits per heavy atom. The summed E-state index contributed by atoms with van der Waals surface area (Å²) in [5.41, 5.74) is 2.58. The highest BCUT2D eigenvalue weighted by atomic mass is 79.9. The first-order valence-electron chi connectivity index (χ1n) is 12.0. The van der Waals surface area contributed by atoms with Crippen molar-refractivity contribution in [3.8, 4) is 11.1 Å². The Morgan fingerprint density at radius 1 is 0.562 bits per heavy atom. The molecule has 0 radical (unpaired) electrons. The lowest BCUT2D eigenvalue weighted by molar-refractivity contribution is 0.674. The number of fused-ring (bicyclic) bond motifs is 7. The molecule has 0 aliphatic carbocycles. The van der Waals surface area contributed by atoms with E-state index in [4.69, 9.17) is 8.53 Å². The monoisotopic (exact) mass is 475 g/mol. The van der Waals surface area contributed by atoms with Crippen molar-refractivity contribution < 1.29 is 8.53 Å². The van der Waals surface area contributed by atoms with Crippen molar-refractivity contribution in [3.63, 3.8) is 0 Å². The Morgan fingerprint density at radius 2 is 1.19 bits per heavy atom. The molecule has 0 bridgehead atoms. The molecular weight excluding hydrogens is 456 g/mol. The van der Waals surface area contributed by atoms with Crippen molar-refractivity contribution in [2.24, 2.45) is 0 Å². The molecule has 0 N–H and O–H groups in total. The molecule has 0 amide bonds. The van der Waals surface area contributed by atoms with Crippen molar-refractivity contribution in [2.75, 3.05) is 0 Å². The normalized spacial score (nSPS) is 13.2. The third-order valence-electron chi connectivity index (χ3n) is 6.30. The van der Waals surface area contributed by atoms with Gasteiger partial charge < -0.3 is 4.42 Å². The number of hydrogen-bond donors (Lipinski definition) is 0. The van der Waals surface area contributed by atoms with Crippen molar-refractivity contribution >= 4 is 70.2 Å². The number of para-hydroxylation sites is 1. The highest BCUT2D eigenvalue weighted by Gasteiger charge is 2.19. The summed E-state index contributed by atoms with van der Waals surface area (Å²) in [5.74, 6) is 0. The van der Waals surface area contributed by atoms with Gasteiger partial charge in [0, 0.05) is 31.8 Å². The predicted octanol–water partition coefficient (Wildman–Crippen LogP) is 9.48. The van der Waals surface area contributed by atoms with Crippen LogP contribution in [0.25, 0.3) is 65.4 Å². The van der Waals surface area contributed by atoms with Crippen LogP contribution in [0.5, 0.6) is 0 Å². The number of rotatable bonds is 1. The zero-order chi connectivity index (χ0) is 23.8. The van der Waals surface area contributed by atoms with E-state index in [0.717, 1.165) is 47.7 Å². The Balaban J connectivity index is 1.78. The SMILES string of the molecule is [2H]c1c([2H])c([2H])c2c(oc3c4ccccc4ccc32)c1-c1c2ccccc2c(Br)c2ccccc12. The number of benzene rings is 6. The molecule has 1 heterocycles. The van der Waals surface area contributed by atoms with Gasteiger partial charge in [-0.3, -0.25) is 0 Å². The summed E-state index contributed by atoms with van der Waals surface area (Å²) in [7, 11) is 0. The molecule has 0 saturated carbocycles. The van der Waals surface area contributed by atoms with Crippen LogP contribution in [-0.2, 0) is 0 Å². The second-order valence-electron chi connectivity index (χ2n) is 8.00. The summed E-state index contributed by atoms with van der Waals surface area (Å²) in [6, 6.07) is 28.1. The van der Waals surface area contributed by atoms with Crippen LogP contribution in [0.15, 0.2) is 112 Å². The van der Waals surface area contributed by atoms with E-state index in [2.05, 4.69) is 28.1 Å². The van der Waals surface area contributed by atoms with Gasteiger partial charge in [-0.15, -0.1) is 0 Å². The Bertz CT molecular complexity index is 1950. The Labute approximate surface area is 197 Å². The van der Waals surface area contributed by atoms with Crippen LogP contribution in [0, 0.1) is 0 Å². The topological polar surface area (TPSA) is 13.1 Å². The van der Waals surface area contributed by atoms with Crippen molar-refractivity contribution in [3.05, 3.63) is 108 Å². The first-order chi connectivity index (χ1) is 17.1. The summed E-state index contributed by atoms with van der Waals surface area (Å²) >= 11 is 3.80. The zero-order valence-electron chi connectivity index (χ0n) is 19.9. The van der Waals surface area contributed by atoms with Crippen LogP contribution in [0.4, 0.5) is 0 Å². The molecule has 0 unspecified atom stereocenters. The molecule has 1 nitrogen and oxygen atoms in total. The lowest BCUT2D eigenvalue weighted by Crippen LogP contribution is -1.88. The van der Waals surface area contributed by atoms with E-state index < -0.39 is 0 Å². The van der Waals surface area contributed by atoms with Crippen LogP contribution >= 0.6 is 15.9 Å². The van der Waals surface area contributed by atoms with Crippen molar-refractivity contribution in [1.82, 2.24) is 0 Å². The average molecular weight is 476 g/mol. The van der Waals surface area contributed by atoms with E-state index >= 15 is 0 Å². The molecular formula is C30H17BrO. The lowest BCUT2D eigenvalue weighted by Gasteiger charge is -2.14. The molecule has 6 aromatic carbocycles. The zero-order valence-corrected chi connectivity index (χ0v) is 18.5. The third kappa shape index (κ3) is 2.39. The quantitative estimate of drug-likeness (QED) is 0.215. The number of halogens is 1. The van der Waals surface area contributed by atoms with Gasteiger partial charge in [0.25, 0.3) is 0 Å². The minimum Gasteiger partial charge on any atom is -0.455 e. The molecule has 32 heavy (non-hydrogen) atoms. The van der Waals surface area contributed by atoms with E-state index in [1.807, 2.05) is 72.8 Å². The Kier molecular flexibility index (Phi) is 3.18. The van der Waals surface area contributed by atoms with E-state index in [1.54, 1.807) is 0 Å². The van der Waals surface area contributed by atoms with Crippen LogP contribution in [-0.4, -0.2) is 0 Å². The molecule has 0 atom stereocenters. The number of furan rings is 1. The van der Waals surface area contributed by atoms with Gasteiger partial charge in [0.1, 0.15) is 11.2 Å². The largest absolute Gasteiger partial charge is 0.455 e. The molecule has 0 saturated heterocycles. The van der Waals surface area contributed by atoms with Gasteiger partial charge in [0.2, 0.25) is 0 Å². The van der Waals surface area contributed by atoms with Gasteiger partial charge in [-0.2, -0.15) is 0 Å². The Hall–Kier alpha value is -3.62. The van der Waals surface area contributed by atoms with Gasteiger partial charge in [-0.25, -0.2) is 0 Å². The maximum atomic E-state index is 9.02. The molecule has 1 aromatic heterocycles. The molecule has 7 rings (SSSR count). The van der Waals surface area contributed by atoms with E-state index in [9.17, 15) is 0 Å². The molecule has 0 fully saturated rings. The van der Waals surface area contributed by atoms with Crippen molar-refractivity contribution in [1.29, 1.82) is 0 Å². The maximum Gasteiger partial charge on any atom is 0.143 e. The highest BCUT2D eigenvalue weighted by Crippen LogP contribution is 2.45.